The summed E-state index contributed by atoms with van der Waals surface area (Å²) in [4.78, 5) is 11.2. The third-order valence-corrected chi connectivity index (χ3v) is 3.53. The molecule has 3 atom stereocenters. The zero-order valence-electron chi connectivity index (χ0n) is 11.9. The van der Waals surface area contributed by atoms with E-state index >= 15 is 0 Å². The van der Waals surface area contributed by atoms with Gasteiger partial charge in [0, 0.05) is 25.4 Å². The molecule has 2 heteroatoms. The lowest BCUT2D eigenvalue weighted by atomic mass is 9.78. The molecule has 0 amide bonds. The van der Waals surface area contributed by atoms with Crippen LogP contribution in [0, 0.1) is 29.6 Å². The zero-order valence-corrected chi connectivity index (χ0v) is 11.9. The van der Waals surface area contributed by atoms with Gasteiger partial charge in [0.05, 0.1) is 0 Å². The zero-order chi connectivity index (χ0) is 13.5. The highest BCUT2D eigenvalue weighted by Crippen LogP contribution is 2.30. The van der Waals surface area contributed by atoms with Gasteiger partial charge < -0.3 is 9.53 Å². The molecule has 0 spiro atoms. The average molecular weight is 248 g/mol. The van der Waals surface area contributed by atoms with Gasteiger partial charge in [-0.3, -0.25) is 0 Å². The van der Waals surface area contributed by atoms with Gasteiger partial charge in [0.2, 0.25) is 0 Å². The molecule has 0 fully saturated rings. The molecule has 0 heterocycles. The Bertz CT molecular complexity index is 357. The number of ether oxygens (including phenoxy) is 1. The Morgan fingerprint density at radius 2 is 2.22 bits per heavy atom. The van der Waals surface area contributed by atoms with E-state index in [-0.39, 0.29) is 17.9 Å². The highest BCUT2D eigenvalue weighted by atomic mass is 16.5. The topological polar surface area (TPSA) is 26.3 Å². The van der Waals surface area contributed by atoms with Gasteiger partial charge in [-0.1, -0.05) is 37.3 Å². The van der Waals surface area contributed by atoms with Gasteiger partial charge >= 0.3 is 0 Å². The van der Waals surface area contributed by atoms with E-state index in [1.165, 1.54) is 12.0 Å². The van der Waals surface area contributed by atoms with Crippen molar-refractivity contribution in [3.05, 3.63) is 11.6 Å². The Labute approximate surface area is 111 Å². The standard InChI is InChI=1S/C16H24O2/c1-12(2)7-5-8-13(3)16-14(11-17)9-6-10-15(16)18-4/h8,11-12,14-16H,5,7,9H2,1-4H3. The van der Waals surface area contributed by atoms with Crippen LogP contribution in [0.1, 0.15) is 40.0 Å². The van der Waals surface area contributed by atoms with Crippen molar-refractivity contribution in [2.75, 3.05) is 7.11 Å². The summed E-state index contributed by atoms with van der Waals surface area (Å²) in [6, 6.07) is 0. The summed E-state index contributed by atoms with van der Waals surface area (Å²) < 4.78 is 5.41. The van der Waals surface area contributed by atoms with E-state index in [1.807, 2.05) is 0 Å². The fraction of sp³-hybridized carbons (Fsp3) is 0.688. The summed E-state index contributed by atoms with van der Waals surface area (Å²) in [5.74, 6) is 6.92. The summed E-state index contributed by atoms with van der Waals surface area (Å²) in [5.41, 5.74) is 1.24. The van der Waals surface area contributed by atoms with E-state index < -0.39 is 0 Å². The number of rotatable bonds is 6. The van der Waals surface area contributed by atoms with Crippen LogP contribution in [0.3, 0.4) is 0 Å². The fourth-order valence-corrected chi connectivity index (χ4v) is 2.41. The molecule has 0 saturated carbocycles. The van der Waals surface area contributed by atoms with E-state index in [2.05, 4.69) is 38.7 Å². The van der Waals surface area contributed by atoms with Gasteiger partial charge in [0.1, 0.15) is 12.4 Å². The predicted octanol–water partition coefficient (Wildman–Crippen LogP) is 3.22. The monoisotopic (exact) mass is 248 g/mol. The molecule has 0 bridgehead atoms. The SMILES string of the molecule is COC1C#CCC(C=O)C1C(C)=CCCC(C)C. The summed E-state index contributed by atoms with van der Waals surface area (Å²) in [6.07, 6.45) is 6.05. The Hall–Kier alpha value is -1.07. The fourth-order valence-electron chi connectivity index (χ4n) is 2.41. The predicted molar refractivity (Wildman–Crippen MR) is 74.1 cm³/mol. The van der Waals surface area contributed by atoms with Crippen LogP contribution in [-0.2, 0) is 9.53 Å². The van der Waals surface area contributed by atoms with Crippen LogP contribution >= 0.6 is 0 Å². The highest BCUT2D eigenvalue weighted by molar-refractivity contribution is 5.57. The van der Waals surface area contributed by atoms with Crippen LogP contribution in [0.2, 0.25) is 0 Å². The molecule has 0 aliphatic heterocycles. The lowest BCUT2D eigenvalue weighted by molar-refractivity contribution is -0.113. The first-order valence-electron chi connectivity index (χ1n) is 6.73. The van der Waals surface area contributed by atoms with Gasteiger partial charge in [-0.05, 0) is 25.7 Å². The molecule has 100 valence electrons. The number of hydrogen-bond donors (Lipinski definition) is 0. The summed E-state index contributed by atoms with van der Waals surface area (Å²) in [5, 5.41) is 0. The van der Waals surface area contributed by atoms with Crippen molar-refractivity contribution in [3.8, 4) is 11.8 Å². The molecule has 18 heavy (non-hydrogen) atoms. The number of methoxy groups -OCH3 is 1. The van der Waals surface area contributed by atoms with Crippen LogP contribution in [0.15, 0.2) is 11.6 Å². The minimum Gasteiger partial charge on any atom is -0.368 e. The van der Waals surface area contributed by atoms with Crippen molar-refractivity contribution in [1.82, 2.24) is 0 Å². The normalized spacial score (nSPS) is 27.8. The van der Waals surface area contributed by atoms with Gasteiger partial charge in [0.15, 0.2) is 0 Å². The smallest absolute Gasteiger partial charge is 0.125 e. The van der Waals surface area contributed by atoms with Gasteiger partial charge in [-0.15, -0.1) is 0 Å². The van der Waals surface area contributed by atoms with Crippen LogP contribution < -0.4 is 0 Å². The van der Waals surface area contributed by atoms with Crippen molar-refractivity contribution in [2.24, 2.45) is 17.8 Å². The van der Waals surface area contributed by atoms with Crippen molar-refractivity contribution in [1.29, 1.82) is 0 Å². The number of aldehydes is 1. The molecule has 3 unspecified atom stereocenters. The molecular formula is C16H24O2. The number of carbonyl (C=O) groups excluding carboxylic acids is 1. The van der Waals surface area contributed by atoms with Crippen LogP contribution in [-0.4, -0.2) is 19.5 Å². The van der Waals surface area contributed by atoms with Crippen molar-refractivity contribution in [3.63, 3.8) is 0 Å². The molecule has 2 nitrogen and oxygen atoms in total. The Morgan fingerprint density at radius 1 is 1.50 bits per heavy atom. The van der Waals surface area contributed by atoms with Crippen LogP contribution in [0.4, 0.5) is 0 Å². The quantitative estimate of drug-likeness (QED) is 0.410. The maximum Gasteiger partial charge on any atom is 0.125 e. The Kier molecular flexibility index (Phi) is 6.15. The second-order valence-electron chi connectivity index (χ2n) is 5.43. The van der Waals surface area contributed by atoms with E-state index in [0.717, 1.165) is 12.7 Å². The van der Waals surface area contributed by atoms with Gasteiger partial charge in [-0.25, -0.2) is 0 Å². The minimum absolute atomic E-state index is 0.0218. The second kappa shape index (κ2) is 7.38. The summed E-state index contributed by atoms with van der Waals surface area (Å²) in [7, 11) is 1.67. The summed E-state index contributed by atoms with van der Waals surface area (Å²) >= 11 is 0. The third kappa shape index (κ3) is 3.99. The first kappa shape index (κ1) is 15.0. The number of allylic oxidation sites excluding steroid dienone is 1. The maximum atomic E-state index is 11.2. The molecule has 0 aromatic carbocycles. The molecule has 0 N–H and O–H groups in total. The molecule has 0 saturated heterocycles. The highest BCUT2D eigenvalue weighted by Gasteiger charge is 2.31. The van der Waals surface area contributed by atoms with Crippen molar-refractivity contribution < 1.29 is 9.53 Å². The van der Waals surface area contributed by atoms with Crippen molar-refractivity contribution >= 4 is 6.29 Å². The van der Waals surface area contributed by atoms with Crippen LogP contribution in [0.25, 0.3) is 0 Å². The molecular weight excluding hydrogens is 224 g/mol. The first-order chi connectivity index (χ1) is 8.60. The third-order valence-electron chi connectivity index (χ3n) is 3.53. The van der Waals surface area contributed by atoms with E-state index in [1.54, 1.807) is 7.11 Å². The lowest BCUT2D eigenvalue weighted by Gasteiger charge is -2.29. The minimum atomic E-state index is -0.135. The van der Waals surface area contributed by atoms with Crippen molar-refractivity contribution in [2.45, 2.75) is 46.1 Å². The van der Waals surface area contributed by atoms with E-state index in [0.29, 0.717) is 12.3 Å². The lowest BCUT2D eigenvalue weighted by Crippen LogP contribution is -2.32. The second-order valence-corrected chi connectivity index (χ2v) is 5.43. The van der Waals surface area contributed by atoms with E-state index in [4.69, 9.17) is 4.74 Å². The molecule has 0 aromatic heterocycles. The molecule has 0 radical (unpaired) electrons. The Morgan fingerprint density at radius 3 is 2.78 bits per heavy atom. The molecule has 1 aliphatic carbocycles. The number of carbonyl (C=O) groups is 1. The molecule has 1 rings (SSSR count). The molecule has 1 aliphatic rings. The number of hydrogen-bond acceptors (Lipinski definition) is 2. The van der Waals surface area contributed by atoms with E-state index in [9.17, 15) is 4.79 Å². The van der Waals surface area contributed by atoms with Crippen LogP contribution in [0.5, 0.6) is 0 Å². The van der Waals surface area contributed by atoms with Gasteiger partial charge in [0.25, 0.3) is 0 Å². The molecule has 0 aromatic rings. The average Bonchev–Trinajstić information content (AvgIpc) is 2.36. The van der Waals surface area contributed by atoms with Gasteiger partial charge in [-0.2, -0.15) is 0 Å². The largest absolute Gasteiger partial charge is 0.368 e. The Balaban J connectivity index is 2.76. The summed E-state index contributed by atoms with van der Waals surface area (Å²) in [6.45, 7) is 6.55. The maximum absolute atomic E-state index is 11.2. The first-order valence-corrected chi connectivity index (χ1v) is 6.73.